The number of carbonyl (C=O) groups is 2. The number of hydrogen-bond donors (Lipinski definition) is 2. The molecule has 6 heteroatoms. The lowest BCUT2D eigenvalue weighted by Crippen LogP contribution is -2.34. The number of thioether (sulfide) groups is 1. The SMILES string of the molecule is O=C(O)COc1cc(O)c2c(c1)SC1(CCCCC1)CC2=O. The molecule has 0 radical (unpaired) electrons. The van der Waals surface area contributed by atoms with Gasteiger partial charge in [-0.15, -0.1) is 11.8 Å². The summed E-state index contributed by atoms with van der Waals surface area (Å²) >= 11 is 1.64. The third-order valence-corrected chi connectivity index (χ3v) is 5.80. The first-order valence-corrected chi connectivity index (χ1v) is 8.25. The van der Waals surface area contributed by atoms with E-state index in [-0.39, 0.29) is 22.0 Å². The standard InChI is InChI=1S/C16H18O5S/c17-11-6-10(21-9-14(19)20)7-13-15(11)12(18)8-16(22-13)4-2-1-3-5-16/h6-7,17H,1-5,8-9H2,(H,19,20). The molecule has 0 saturated heterocycles. The van der Waals surface area contributed by atoms with Crippen molar-refractivity contribution in [2.45, 2.75) is 48.2 Å². The van der Waals surface area contributed by atoms with Crippen LogP contribution < -0.4 is 4.74 Å². The summed E-state index contributed by atoms with van der Waals surface area (Å²) in [5, 5.41) is 18.8. The summed E-state index contributed by atoms with van der Waals surface area (Å²) in [5.74, 6) is -0.949. The number of ketones is 1. The maximum absolute atomic E-state index is 12.4. The van der Waals surface area contributed by atoms with Crippen LogP contribution in [0.2, 0.25) is 0 Å². The van der Waals surface area contributed by atoms with Crippen LogP contribution in [0.3, 0.4) is 0 Å². The van der Waals surface area contributed by atoms with Crippen LogP contribution in [0.15, 0.2) is 17.0 Å². The largest absolute Gasteiger partial charge is 0.507 e. The number of ether oxygens (including phenoxy) is 1. The van der Waals surface area contributed by atoms with Gasteiger partial charge in [0.2, 0.25) is 0 Å². The van der Waals surface area contributed by atoms with Crippen molar-refractivity contribution in [2.24, 2.45) is 0 Å². The number of Topliss-reactive ketones (excluding diaryl/α,β-unsaturated/α-hetero) is 1. The zero-order chi connectivity index (χ0) is 15.7. The Bertz CT molecular complexity index is 619. The number of phenolic OH excluding ortho intramolecular Hbond substituents is 1. The Labute approximate surface area is 132 Å². The lowest BCUT2D eigenvalue weighted by atomic mass is 9.83. The average Bonchev–Trinajstić information content (AvgIpc) is 2.44. The fourth-order valence-corrected chi connectivity index (χ4v) is 4.95. The molecule has 0 bridgehead atoms. The molecular formula is C16H18O5S. The first-order chi connectivity index (χ1) is 10.5. The van der Waals surface area contributed by atoms with Crippen molar-refractivity contribution in [3.05, 3.63) is 17.7 Å². The zero-order valence-electron chi connectivity index (χ0n) is 12.1. The van der Waals surface area contributed by atoms with Crippen LogP contribution in [-0.4, -0.2) is 33.3 Å². The number of carboxylic acids is 1. The third kappa shape index (κ3) is 2.92. The van der Waals surface area contributed by atoms with Gasteiger partial charge in [0, 0.05) is 22.1 Å². The fourth-order valence-electron chi connectivity index (χ4n) is 3.29. The van der Waals surface area contributed by atoms with Gasteiger partial charge < -0.3 is 14.9 Å². The van der Waals surface area contributed by atoms with Crippen molar-refractivity contribution in [3.8, 4) is 11.5 Å². The molecule has 1 aliphatic heterocycles. The Morgan fingerprint density at radius 1 is 1.27 bits per heavy atom. The van der Waals surface area contributed by atoms with E-state index in [0.717, 1.165) is 25.7 Å². The minimum atomic E-state index is -1.08. The quantitative estimate of drug-likeness (QED) is 0.889. The molecule has 1 heterocycles. The van der Waals surface area contributed by atoms with Crippen molar-refractivity contribution in [3.63, 3.8) is 0 Å². The number of aromatic hydroxyl groups is 1. The highest BCUT2D eigenvalue weighted by atomic mass is 32.2. The molecule has 0 unspecified atom stereocenters. The van der Waals surface area contributed by atoms with Crippen molar-refractivity contribution < 1.29 is 24.5 Å². The number of hydrogen-bond acceptors (Lipinski definition) is 5. The molecule has 1 fully saturated rings. The van der Waals surface area contributed by atoms with E-state index in [1.807, 2.05) is 0 Å². The van der Waals surface area contributed by atoms with E-state index in [2.05, 4.69) is 0 Å². The molecule has 1 aliphatic carbocycles. The summed E-state index contributed by atoms with van der Waals surface area (Å²) < 4.78 is 5.07. The van der Waals surface area contributed by atoms with Gasteiger partial charge in [0.1, 0.15) is 11.5 Å². The van der Waals surface area contributed by atoms with E-state index >= 15 is 0 Å². The third-order valence-electron chi connectivity index (χ3n) is 4.27. The topological polar surface area (TPSA) is 83.8 Å². The predicted octanol–water partition coefficient (Wildman–Crippen LogP) is 3.24. The maximum atomic E-state index is 12.4. The van der Waals surface area contributed by atoms with Gasteiger partial charge in [-0.1, -0.05) is 19.3 Å². The predicted molar refractivity (Wildman–Crippen MR) is 81.9 cm³/mol. The van der Waals surface area contributed by atoms with Crippen LogP contribution >= 0.6 is 11.8 Å². The molecule has 2 N–H and O–H groups in total. The van der Waals surface area contributed by atoms with Crippen LogP contribution in [0.5, 0.6) is 11.5 Å². The molecule has 2 aliphatic rings. The van der Waals surface area contributed by atoms with Crippen LogP contribution in [-0.2, 0) is 4.79 Å². The summed E-state index contributed by atoms with van der Waals surface area (Å²) in [6.45, 7) is -0.470. The van der Waals surface area contributed by atoms with Crippen molar-refractivity contribution in [2.75, 3.05) is 6.61 Å². The zero-order valence-corrected chi connectivity index (χ0v) is 12.9. The summed E-state index contributed by atoms with van der Waals surface area (Å²) in [6, 6.07) is 3.00. The molecule has 1 saturated carbocycles. The van der Waals surface area contributed by atoms with Gasteiger partial charge in [0.25, 0.3) is 0 Å². The maximum Gasteiger partial charge on any atom is 0.341 e. The number of benzene rings is 1. The van der Waals surface area contributed by atoms with Crippen LogP contribution in [0.25, 0.3) is 0 Å². The minimum Gasteiger partial charge on any atom is -0.507 e. The van der Waals surface area contributed by atoms with E-state index in [1.54, 1.807) is 17.8 Å². The van der Waals surface area contributed by atoms with Crippen LogP contribution in [0.1, 0.15) is 48.9 Å². The van der Waals surface area contributed by atoms with E-state index in [1.165, 1.54) is 12.5 Å². The highest BCUT2D eigenvalue weighted by molar-refractivity contribution is 8.01. The number of fused-ring (bicyclic) bond motifs is 1. The lowest BCUT2D eigenvalue weighted by Gasteiger charge is -2.39. The summed E-state index contributed by atoms with van der Waals surface area (Å²) in [7, 11) is 0. The number of phenols is 1. The van der Waals surface area contributed by atoms with Gasteiger partial charge in [0.05, 0.1) is 5.56 Å². The summed E-state index contributed by atoms with van der Waals surface area (Å²) in [4.78, 5) is 23.7. The van der Waals surface area contributed by atoms with Crippen LogP contribution in [0, 0.1) is 0 Å². The normalized spacial score (nSPS) is 19.7. The Balaban J connectivity index is 1.92. The molecule has 0 aromatic heterocycles. The van der Waals surface area contributed by atoms with Gasteiger partial charge in [0.15, 0.2) is 12.4 Å². The molecule has 1 spiro atoms. The second-order valence-electron chi connectivity index (χ2n) is 5.94. The first kappa shape index (κ1) is 15.2. The summed E-state index contributed by atoms with van der Waals surface area (Å²) in [6.07, 6.45) is 5.92. The molecule has 1 aromatic carbocycles. The van der Waals surface area contributed by atoms with Crippen molar-refractivity contribution in [1.29, 1.82) is 0 Å². The molecule has 22 heavy (non-hydrogen) atoms. The lowest BCUT2D eigenvalue weighted by molar-refractivity contribution is -0.139. The molecule has 0 amide bonds. The number of rotatable bonds is 3. The Morgan fingerprint density at radius 2 is 2.00 bits per heavy atom. The fraction of sp³-hybridized carbons (Fsp3) is 0.500. The molecule has 1 aromatic rings. The first-order valence-electron chi connectivity index (χ1n) is 7.43. The van der Waals surface area contributed by atoms with Gasteiger partial charge in [-0.25, -0.2) is 4.79 Å². The molecule has 118 valence electrons. The molecule has 3 rings (SSSR count). The smallest absolute Gasteiger partial charge is 0.341 e. The Hall–Kier alpha value is -1.69. The Kier molecular flexibility index (Phi) is 4.04. The highest BCUT2D eigenvalue weighted by Crippen LogP contribution is 2.53. The van der Waals surface area contributed by atoms with E-state index in [0.29, 0.717) is 16.9 Å². The van der Waals surface area contributed by atoms with Gasteiger partial charge >= 0.3 is 5.97 Å². The second-order valence-corrected chi connectivity index (χ2v) is 7.45. The Morgan fingerprint density at radius 3 is 2.68 bits per heavy atom. The van der Waals surface area contributed by atoms with Gasteiger partial charge in [-0.3, -0.25) is 4.79 Å². The second kappa shape index (κ2) is 5.83. The van der Waals surface area contributed by atoms with Gasteiger partial charge in [-0.05, 0) is 18.9 Å². The molecular weight excluding hydrogens is 304 g/mol. The molecule has 0 atom stereocenters. The molecule has 5 nitrogen and oxygen atoms in total. The van der Waals surface area contributed by atoms with Crippen molar-refractivity contribution in [1.82, 2.24) is 0 Å². The number of aliphatic carboxylic acids is 1. The van der Waals surface area contributed by atoms with Crippen molar-refractivity contribution >= 4 is 23.5 Å². The highest BCUT2D eigenvalue weighted by Gasteiger charge is 2.41. The average molecular weight is 322 g/mol. The van der Waals surface area contributed by atoms with E-state index in [9.17, 15) is 14.7 Å². The van der Waals surface area contributed by atoms with Crippen LogP contribution in [0.4, 0.5) is 0 Å². The van der Waals surface area contributed by atoms with Gasteiger partial charge in [-0.2, -0.15) is 0 Å². The summed E-state index contributed by atoms with van der Waals surface area (Å²) in [5.41, 5.74) is 0.351. The van der Waals surface area contributed by atoms with E-state index in [4.69, 9.17) is 9.84 Å². The minimum absolute atomic E-state index is 0.0297. The number of carbonyl (C=O) groups excluding carboxylic acids is 1. The number of carboxylic acid groups (broad SMARTS) is 1. The monoisotopic (exact) mass is 322 g/mol. The van der Waals surface area contributed by atoms with E-state index < -0.39 is 12.6 Å².